The van der Waals surface area contributed by atoms with Crippen LogP contribution in [0.1, 0.15) is 20.3 Å². The molecule has 3 aliphatic rings. The van der Waals surface area contributed by atoms with Gasteiger partial charge in [0.25, 0.3) is 0 Å². The van der Waals surface area contributed by atoms with E-state index in [0.29, 0.717) is 13.2 Å². The first-order chi connectivity index (χ1) is 6.74. The summed E-state index contributed by atoms with van der Waals surface area (Å²) in [5.41, 5.74) is 0.0773. The minimum absolute atomic E-state index is 0.0773. The number of ether oxygens (including phenoxy) is 4. The van der Waals surface area contributed by atoms with Crippen molar-refractivity contribution >= 4 is 0 Å². The van der Waals surface area contributed by atoms with Crippen LogP contribution >= 0.6 is 0 Å². The maximum Gasteiger partial charge on any atom is 0.307 e. The molecule has 0 aromatic rings. The van der Waals surface area contributed by atoms with Gasteiger partial charge in [-0.3, -0.25) is 0 Å². The van der Waals surface area contributed by atoms with E-state index >= 15 is 0 Å². The lowest BCUT2D eigenvalue weighted by Crippen LogP contribution is -2.61. The van der Waals surface area contributed by atoms with Gasteiger partial charge in [-0.05, 0) is 13.3 Å². The summed E-state index contributed by atoms with van der Waals surface area (Å²) in [4.78, 5) is 0. The predicted octanol–water partition coefficient (Wildman–Crippen LogP) is 1.15. The molecular weight excluding hydrogens is 184 g/mol. The van der Waals surface area contributed by atoms with E-state index in [1.165, 1.54) is 0 Å². The molecule has 0 spiro atoms. The lowest BCUT2D eigenvalue weighted by Gasteiger charge is -2.51. The molecule has 0 aromatic carbocycles. The van der Waals surface area contributed by atoms with Crippen LogP contribution in [0.2, 0.25) is 0 Å². The zero-order valence-corrected chi connectivity index (χ0v) is 8.88. The van der Waals surface area contributed by atoms with Crippen LogP contribution in [0.3, 0.4) is 0 Å². The Bertz CT molecular complexity index is 180. The second kappa shape index (κ2) is 3.77. The Morgan fingerprint density at radius 3 is 2.07 bits per heavy atom. The molecule has 0 aromatic heterocycles. The highest BCUT2D eigenvalue weighted by Gasteiger charge is 2.51. The predicted molar refractivity (Wildman–Crippen MR) is 49.8 cm³/mol. The minimum Gasteiger partial charge on any atom is -0.373 e. The van der Waals surface area contributed by atoms with Crippen molar-refractivity contribution in [2.45, 2.75) is 26.2 Å². The number of hydrogen-bond acceptors (Lipinski definition) is 4. The zero-order valence-electron chi connectivity index (χ0n) is 8.88. The van der Waals surface area contributed by atoms with E-state index in [-0.39, 0.29) is 5.41 Å². The molecule has 0 saturated carbocycles. The van der Waals surface area contributed by atoms with Gasteiger partial charge in [-0.15, -0.1) is 0 Å². The van der Waals surface area contributed by atoms with Crippen molar-refractivity contribution in [1.29, 1.82) is 0 Å². The Kier molecular flexibility index (Phi) is 2.79. The number of rotatable bonds is 4. The molecule has 82 valence electrons. The number of hydrogen-bond donors (Lipinski definition) is 0. The van der Waals surface area contributed by atoms with Crippen molar-refractivity contribution in [2.75, 3.05) is 33.0 Å². The third-order valence-electron chi connectivity index (χ3n) is 3.03. The van der Waals surface area contributed by atoms with Crippen LogP contribution in [0, 0.1) is 5.41 Å². The van der Waals surface area contributed by atoms with Crippen molar-refractivity contribution < 1.29 is 18.9 Å². The summed E-state index contributed by atoms with van der Waals surface area (Å²) in [5.74, 6) is -0.910. The molecule has 0 aliphatic carbocycles. The van der Waals surface area contributed by atoms with Gasteiger partial charge >= 0.3 is 5.97 Å². The molecule has 14 heavy (non-hydrogen) atoms. The summed E-state index contributed by atoms with van der Waals surface area (Å²) in [6.45, 7) is 7.25. The molecule has 0 N–H and O–H groups in total. The van der Waals surface area contributed by atoms with Gasteiger partial charge in [0.15, 0.2) is 0 Å². The SMILES string of the molecule is CCOCC12OCC(CC)(CO1)CO2. The highest BCUT2D eigenvalue weighted by Crippen LogP contribution is 2.40. The summed E-state index contributed by atoms with van der Waals surface area (Å²) in [7, 11) is 0. The van der Waals surface area contributed by atoms with Crippen LogP contribution < -0.4 is 0 Å². The number of fused-ring (bicyclic) bond motifs is 3. The largest absolute Gasteiger partial charge is 0.373 e. The molecule has 3 fully saturated rings. The molecule has 2 bridgehead atoms. The second-order valence-electron chi connectivity index (χ2n) is 4.04. The van der Waals surface area contributed by atoms with Crippen molar-refractivity contribution in [2.24, 2.45) is 5.41 Å². The Morgan fingerprint density at radius 2 is 1.64 bits per heavy atom. The molecule has 0 amide bonds. The van der Waals surface area contributed by atoms with E-state index in [1.807, 2.05) is 6.92 Å². The molecule has 3 heterocycles. The fourth-order valence-corrected chi connectivity index (χ4v) is 1.70. The fourth-order valence-electron chi connectivity index (χ4n) is 1.70. The third kappa shape index (κ3) is 1.67. The van der Waals surface area contributed by atoms with E-state index in [9.17, 15) is 0 Å². The summed E-state index contributed by atoms with van der Waals surface area (Å²) in [5, 5.41) is 0. The van der Waals surface area contributed by atoms with E-state index in [1.54, 1.807) is 0 Å². The highest BCUT2D eigenvalue weighted by atomic mass is 16.9. The smallest absolute Gasteiger partial charge is 0.307 e. The first-order valence-corrected chi connectivity index (χ1v) is 5.24. The summed E-state index contributed by atoms with van der Waals surface area (Å²) >= 11 is 0. The van der Waals surface area contributed by atoms with E-state index in [2.05, 4.69) is 6.92 Å². The van der Waals surface area contributed by atoms with Crippen LogP contribution in [0.5, 0.6) is 0 Å². The Labute approximate surface area is 84.5 Å². The van der Waals surface area contributed by atoms with Crippen LogP contribution in [-0.4, -0.2) is 39.0 Å². The van der Waals surface area contributed by atoms with Gasteiger partial charge in [0.2, 0.25) is 0 Å². The van der Waals surface area contributed by atoms with Gasteiger partial charge in [-0.25, -0.2) is 0 Å². The van der Waals surface area contributed by atoms with E-state index < -0.39 is 5.97 Å². The Morgan fingerprint density at radius 1 is 1.07 bits per heavy atom. The standard InChI is InChI=1S/C10H18O4/c1-3-9-5-12-10(13-6-9,14-7-9)8-11-4-2/h3-8H2,1-2H3. The van der Waals surface area contributed by atoms with Crippen molar-refractivity contribution in [1.82, 2.24) is 0 Å². The molecule has 3 rings (SSSR count). The van der Waals surface area contributed by atoms with Crippen LogP contribution in [0.4, 0.5) is 0 Å². The molecule has 4 heteroatoms. The van der Waals surface area contributed by atoms with Gasteiger partial charge in [0, 0.05) is 12.0 Å². The normalized spacial score (nSPS) is 41.6. The Balaban J connectivity index is 1.95. The van der Waals surface area contributed by atoms with Crippen molar-refractivity contribution in [3.63, 3.8) is 0 Å². The summed E-state index contributed by atoms with van der Waals surface area (Å²) in [6, 6.07) is 0. The lowest BCUT2D eigenvalue weighted by atomic mass is 9.86. The summed E-state index contributed by atoms with van der Waals surface area (Å²) in [6.07, 6.45) is 1.03. The third-order valence-corrected chi connectivity index (χ3v) is 3.03. The topological polar surface area (TPSA) is 36.9 Å². The van der Waals surface area contributed by atoms with Gasteiger partial charge in [0.05, 0.1) is 19.8 Å². The van der Waals surface area contributed by atoms with E-state index in [4.69, 9.17) is 18.9 Å². The van der Waals surface area contributed by atoms with Crippen molar-refractivity contribution in [3.05, 3.63) is 0 Å². The minimum atomic E-state index is -0.910. The average molecular weight is 202 g/mol. The van der Waals surface area contributed by atoms with Crippen LogP contribution in [-0.2, 0) is 18.9 Å². The van der Waals surface area contributed by atoms with Crippen molar-refractivity contribution in [3.8, 4) is 0 Å². The molecule has 0 atom stereocenters. The van der Waals surface area contributed by atoms with Gasteiger partial charge < -0.3 is 18.9 Å². The van der Waals surface area contributed by atoms with Gasteiger partial charge in [0.1, 0.15) is 6.61 Å². The Hall–Kier alpha value is -0.160. The first-order valence-electron chi connectivity index (χ1n) is 5.24. The fraction of sp³-hybridized carbons (Fsp3) is 1.00. The molecule has 3 saturated heterocycles. The quantitative estimate of drug-likeness (QED) is 0.685. The zero-order chi connectivity index (χ0) is 10.1. The van der Waals surface area contributed by atoms with Crippen LogP contribution in [0.15, 0.2) is 0 Å². The van der Waals surface area contributed by atoms with Gasteiger partial charge in [-0.1, -0.05) is 6.92 Å². The molecule has 3 aliphatic heterocycles. The second-order valence-corrected chi connectivity index (χ2v) is 4.04. The van der Waals surface area contributed by atoms with Gasteiger partial charge in [-0.2, -0.15) is 0 Å². The van der Waals surface area contributed by atoms with E-state index in [0.717, 1.165) is 26.2 Å². The van der Waals surface area contributed by atoms with Crippen LogP contribution in [0.25, 0.3) is 0 Å². The molecular formula is C10H18O4. The maximum absolute atomic E-state index is 5.59. The average Bonchev–Trinajstić information content (AvgIpc) is 2.29. The maximum atomic E-state index is 5.59. The molecule has 0 unspecified atom stereocenters. The monoisotopic (exact) mass is 202 g/mol. The lowest BCUT2D eigenvalue weighted by molar-refractivity contribution is -0.476. The molecule has 4 nitrogen and oxygen atoms in total. The highest BCUT2D eigenvalue weighted by molar-refractivity contribution is 4.87. The first kappa shape index (κ1) is 10.4. The summed E-state index contributed by atoms with van der Waals surface area (Å²) < 4.78 is 22.1. The molecule has 0 radical (unpaired) electrons.